The van der Waals surface area contributed by atoms with Crippen LogP contribution in [-0.2, 0) is 5.41 Å². The average Bonchev–Trinajstić information content (AvgIpc) is 3.04. The highest BCUT2D eigenvalue weighted by Crippen LogP contribution is 2.24. The molecule has 3 aromatic rings. The molecule has 0 aliphatic heterocycles. The van der Waals surface area contributed by atoms with Crippen LogP contribution in [0.2, 0.25) is 0 Å². The van der Waals surface area contributed by atoms with Crippen molar-refractivity contribution in [2.75, 3.05) is 5.32 Å². The van der Waals surface area contributed by atoms with E-state index in [0.29, 0.717) is 5.95 Å². The number of nitrogens with one attached hydrogen (secondary N) is 2. The first-order valence-corrected chi connectivity index (χ1v) is 6.80. The van der Waals surface area contributed by atoms with E-state index >= 15 is 0 Å². The van der Waals surface area contributed by atoms with Crippen LogP contribution in [0.15, 0.2) is 40.8 Å². The molecule has 2 heterocycles. The van der Waals surface area contributed by atoms with Crippen molar-refractivity contribution in [2.24, 2.45) is 0 Å². The normalized spacial score (nSPS) is 11.8. The SMILES string of the molecule is CC(C)(C)c1ccc(C(=O)Nc2nc3ccccc3[nH]2)o1. The lowest BCUT2D eigenvalue weighted by molar-refractivity contribution is 0.0992. The summed E-state index contributed by atoms with van der Waals surface area (Å²) < 4.78 is 5.60. The van der Waals surface area contributed by atoms with Gasteiger partial charge in [0.05, 0.1) is 11.0 Å². The van der Waals surface area contributed by atoms with Crippen molar-refractivity contribution in [2.45, 2.75) is 26.2 Å². The van der Waals surface area contributed by atoms with Gasteiger partial charge < -0.3 is 9.40 Å². The molecule has 0 bridgehead atoms. The first kappa shape index (κ1) is 13.4. The molecule has 0 spiro atoms. The summed E-state index contributed by atoms with van der Waals surface area (Å²) >= 11 is 0. The van der Waals surface area contributed by atoms with Gasteiger partial charge >= 0.3 is 0 Å². The minimum Gasteiger partial charge on any atom is -0.455 e. The maximum atomic E-state index is 12.2. The molecule has 21 heavy (non-hydrogen) atoms. The van der Waals surface area contributed by atoms with Gasteiger partial charge in [-0.3, -0.25) is 10.1 Å². The topological polar surface area (TPSA) is 70.9 Å². The molecule has 2 N–H and O–H groups in total. The predicted molar refractivity (Wildman–Crippen MR) is 81.5 cm³/mol. The van der Waals surface area contributed by atoms with Gasteiger partial charge in [0.1, 0.15) is 5.76 Å². The molecule has 0 aliphatic rings. The Kier molecular flexibility index (Phi) is 3.05. The predicted octanol–water partition coefficient (Wildman–Crippen LogP) is 3.71. The Bertz CT molecular complexity index is 760. The third kappa shape index (κ3) is 2.67. The molecule has 1 amide bonds. The van der Waals surface area contributed by atoms with Crippen molar-refractivity contribution in [1.82, 2.24) is 9.97 Å². The number of H-pyrrole nitrogens is 1. The van der Waals surface area contributed by atoms with Crippen LogP contribution in [0, 0.1) is 0 Å². The molecular weight excluding hydrogens is 266 g/mol. The number of hydrogen-bond acceptors (Lipinski definition) is 3. The monoisotopic (exact) mass is 283 g/mol. The average molecular weight is 283 g/mol. The lowest BCUT2D eigenvalue weighted by Gasteiger charge is -2.13. The summed E-state index contributed by atoms with van der Waals surface area (Å²) in [5.41, 5.74) is 1.56. The molecule has 0 saturated heterocycles. The third-order valence-electron chi connectivity index (χ3n) is 3.19. The fourth-order valence-corrected chi connectivity index (χ4v) is 2.04. The van der Waals surface area contributed by atoms with E-state index in [1.54, 1.807) is 6.07 Å². The van der Waals surface area contributed by atoms with Gasteiger partial charge in [-0.1, -0.05) is 32.9 Å². The lowest BCUT2D eigenvalue weighted by atomic mass is 9.94. The number of nitrogens with zero attached hydrogens (tertiary/aromatic N) is 1. The molecule has 2 aromatic heterocycles. The summed E-state index contributed by atoms with van der Waals surface area (Å²) in [6.45, 7) is 6.10. The smallest absolute Gasteiger partial charge is 0.293 e. The van der Waals surface area contributed by atoms with Crippen LogP contribution in [-0.4, -0.2) is 15.9 Å². The lowest BCUT2D eigenvalue weighted by Crippen LogP contribution is -2.13. The van der Waals surface area contributed by atoms with Crippen molar-refractivity contribution in [1.29, 1.82) is 0 Å². The number of fused-ring (bicyclic) bond motifs is 1. The molecule has 1 aromatic carbocycles. The first-order valence-electron chi connectivity index (χ1n) is 6.80. The Hall–Kier alpha value is -2.56. The van der Waals surface area contributed by atoms with Gasteiger partial charge in [0, 0.05) is 5.41 Å². The fourth-order valence-electron chi connectivity index (χ4n) is 2.04. The van der Waals surface area contributed by atoms with E-state index in [0.717, 1.165) is 16.8 Å². The molecule has 0 saturated carbocycles. The van der Waals surface area contributed by atoms with Gasteiger partial charge in [0.2, 0.25) is 5.95 Å². The molecule has 3 rings (SSSR count). The number of carbonyl (C=O) groups excluding carboxylic acids is 1. The van der Waals surface area contributed by atoms with Crippen molar-refractivity contribution >= 4 is 22.9 Å². The van der Waals surface area contributed by atoms with Gasteiger partial charge in [-0.15, -0.1) is 0 Å². The Balaban J connectivity index is 1.81. The number of aromatic amines is 1. The fraction of sp³-hybridized carbons (Fsp3) is 0.250. The number of aromatic nitrogens is 2. The molecular formula is C16H17N3O2. The van der Waals surface area contributed by atoms with Crippen LogP contribution in [0.3, 0.4) is 0 Å². The van der Waals surface area contributed by atoms with E-state index in [9.17, 15) is 4.79 Å². The first-order chi connectivity index (χ1) is 9.93. The van der Waals surface area contributed by atoms with Gasteiger partial charge in [-0.25, -0.2) is 4.98 Å². The molecule has 5 nitrogen and oxygen atoms in total. The summed E-state index contributed by atoms with van der Waals surface area (Å²) in [6.07, 6.45) is 0. The second-order valence-corrected chi connectivity index (χ2v) is 5.97. The Morgan fingerprint density at radius 1 is 1.19 bits per heavy atom. The Morgan fingerprint density at radius 2 is 1.95 bits per heavy atom. The minimum absolute atomic E-state index is 0.127. The number of anilines is 1. The Morgan fingerprint density at radius 3 is 2.62 bits per heavy atom. The van der Waals surface area contributed by atoms with Crippen LogP contribution in [0.25, 0.3) is 11.0 Å². The van der Waals surface area contributed by atoms with Crippen LogP contribution in [0.5, 0.6) is 0 Å². The maximum Gasteiger partial charge on any atom is 0.293 e. The highest BCUT2D eigenvalue weighted by molar-refractivity contribution is 6.02. The molecule has 0 radical (unpaired) electrons. The van der Waals surface area contributed by atoms with Crippen molar-refractivity contribution in [3.8, 4) is 0 Å². The van der Waals surface area contributed by atoms with Crippen molar-refractivity contribution in [3.63, 3.8) is 0 Å². The van der Waals surface area contributed by atoms with Crippen LogP contribution in [0.1, 0.15) is 37.1 Å². The molecule has 108 valence electrons. The van der Waals surface area contributed by atoms with E-state index in [4.69, 9.17) is 4.42 Å². The van der Waals surface area contributed by atoms with Crippen molar-refractivity contribution in [3.05, 3.63) is 47.9 Å². The number of imidazole rings is 1. The largest absolute Gasteiger partial charge is 0.455 e. The van der Waals surface area contributed by atoms with Crippen LogP contribution < -0.4 is 5.32 Å². The summed E-state index contributed by atoms with van der Waals surface area (Å²) in [7, 11) is 0. The van der Waals surface area contributed by atoms with E-state index in [1.165, 1.54) is 0 Å². The number of furan rings is 1. The minimum atomic E-state index is -0.315. The van der Waals surface area contributed by atoms with E-state index in [1.807, 2.05) is 51.1 Å². The third-order valence-corrected chi connectivity index (χ3v) is 3.19. The number of carbonyl (C=O) groups is 1. The zero-order valence-electron chi connectivity index (χ0n) is 12.2. The van der Waals surface area contributed by atoms with E-state index in [-0.39, 0.29) is 17.1 Å². The Labute approximate surface area is 122 Å². The van der Waals surface area contributed by atoms with Crippen LogP contribution >= 0.6 is 0 Å². The second-order valence-electron chi connectivity index (χ2n) is 5.97. The highest BCUT2D eigenvalue weighted by atomic mass is 16.4. The molecule has 5 heteroatoms. The maximum absolute atomic E-state index is 12.2. The van der Waals surface area contributed by atoms with Gasteiger partial charge in [-0.2, -0.15) is 0 Å². The van der Waals surface area contributed by atoms with Gasteiger partial charge in [0.25, 0.3) is 5.91 Å². The molecule has 0 atom stereocenters. The quantitative estimate of drug-likeness (QED) is 0.753. The standard InChI is InChI=1S/C16H17N3O2/c1-16(2,3)13-9-8-12(21-13)14(20)19-15-17-10-6-4-5-7-11(10)18-15/h4-9H,1-3H3,(H2,17,18,19,20). The zero-order valence-corrected chi connectivity index (χ0v) is 12.2. The molecule has 0 aliphatic carbocycles. The number of hydrogen-bond donors (Lipinski definition) is 2. The summed E-state index contributed by atoms with van der Waals surface area (Å²) in [5.74, 6) is 1.15. The number of benzene rings is 1. The van der Waals surface area contributed by atoms with Crippen LogP contribution in [0.4, 0.5) is 5.95 Å². The highest BCUT2D eigenvalue weighted by Gasteiger charge is 2.21. The van der Waals surface area contributed by atoms with Gasteiger partial charge in [-0.05, 0) is 24.3 Å². The van der Waals surface area contributed by atoms with Crippen molar-refractivity contribution < 1.29 is 9.21 Å². The van der Waals surface area contributed by atoms with E-state index < -0.39 is 0 Å². The van der Waals surface area contributed by atoms with Gasteiger partial charge in [0.15, 0.2) is 5.76 Å². The summed E-state index contributed by atoms with van der Waals surface area (Å²) in [5, 5.41) is 2.71. The number of amides is 1. The second kappa shape index (κ2) is 4.77. The number of rotatable bonds is 2. The number of para-hydroxylation sites is 2. The molecule has 0 unspecified atom stereocenters. The van der Waals surface area contributed by atoms with E-state index in [2.05, 4.69) is 15.3 Å². The zero-order chi connectivity index (χ0) is 15.0. The summed E-state index contributed by atoms with van der Waals surface area (Å²) in [4.78, 5) is 19.5. The summed E-state index contributed by atoms with van der Waals surface area (Å²) in [6, 6.07) is 11.1. The molecule has 0 fully saturated rings.